The van der Waals surface area contributed by atoms with Crippen molar-refractivity contribution in [2.24, 2.45) is 0 Å². The summed E-state index contributed by atoms with van der Waals surface area (Å²) in [5.41, 5.74) is 9.60. The topological polar surface area (TPSA) is 14.8 Å². The Labute approximate surface area is 236 Å². The van der Waals surface area contributed by atoms with Crippen LogP contribution in [0.15, 0.2) is 152 Å². The first-order chi connectivity index (χ1) is 20.4. The second-order valence-electron chi connectivity index (χ2n) is 10.7. The summed E-state index contributed by atoms with van der Waals surface area (Å²) in [6, 6.07) is 52.4. The summed E-state index contributed by atoms with van der Waals surface area (Å²) in [7, 11) is 0. The molecule has 0 aliphatic heterocycles. The van der Waals surface area contributed by atoms with E-state index in [1.54, 1.807) is 0 Å². The maximum atomic E-state index is 2.41. The number of nitrogens with zero attached hydrogens (tertiary/aromatic N) is 3. The van der Waals surface area contributed by atoms with Crippen LogP contribution in [0.25, 0.3) is 71.6 Å². The van der Waals surface area contributed by atoms with E-state index in [2.05, 4.69) is 165 Å². The Kier molecular flexibility index (Phi) is 4.61. The largest absolute Gasteiger partial charge is 0.316 e. The fourth-order valence-corrected chi connectivity index (χ4v) is 6.71. The molecule has 0 N–H and O–H groups in total. The van der Waals surface area contributed by atoms with Crippen LogP contribution in [-0.4, -0.2) is 13.7 Å². The van der Waals surface area contributed by atoms with Gasteiger partial charge >= 0.3 is 0 Å². The Morgan fingerprint density at radius 1 is 0.293 bits per heavy atom. The Hall–Kier alpha value is -5.54. The molecule has 6 aromatic carbocycles. The SMILES string of the molecule is c1ccc(-n2c3ccccc3c3ccc4c(ccn4-c4ccc(-n5c6ccccc6c6ccccc65)cc4)c32)cc1. The van der Waals surface area contributed by atoms with Crippen LogP contribution in [0.4, 0.5) is 0 Å². The summed E-state index contributed by atoms with van der Waals surface area (Å²) in [4.78, 5) is 0. The first kappa shape index (κ1) is 22.3. The van der Waals surface area contributed by atoms with Crippen molar-refractivity contribution in [1.29, 1.82) is 0 Å². The van der Waals surface area contributed by atoms with E-state index in [0.29, 0.717) is 0 Å². The average Bonchev–Trinajstić information content (AvgIpc) is 3.72. The molecule has 192 valence electrons. The normalized spacial score (nSPS) is 11.9. The van der Waals surface area contributed by atoms with Gasteiger partial charge in [0.25, 0.3) is 0 Å². The van der Waals surface area contributed by atoms with Crippen molar-refractivity contribution in [3.05, 3.63) is 152 Å². The fraction of sp³-hybridized carbons (Fsp3) is 0. The molecule has 0 aliphatic rings. The molecule has 0 saturated carbocycles. The van der Waals surface area contributed by atoms with E-state index in [9.17, 15) is 0 Å². The minimum Gasteiger partial charge on any atom is -0.316 e. The lowest BCUT2D eigenvalue weighted by Gasteiger charge is -2.11. The summed E-state index contributed by atoms with van der Waals surface area (Å²) < 4.78 is 7.07. The van der Waals surface area contributed by atoms with Gasteiger partial charge in [-0.2, -0.15) is 0 Å². The standard InChI is InChI=1S/C38H25N3/c1-2-10-27(11-3-1)41-37-17-9-6-14-31(37)32-22-23-34-33(38(32)41)24-25-39(34)26-18-20-28(21-19-26)40-35-15-7-4-12-29(35)30-13-5-8-16-36(30)40/h1-25H. The Morgan fingerprint density at radius 2 is 0.805 bits per heavy atom. The second-order valence-corrected chi connectivity index (χ2v) is 10.7. The zero-order valence-electron chi connectivity index (χ0n) is 22.3. The number of para-hydroxylation sites is 4. The van der Waals surface area contributed by atoms with E-state index in [4.69, 9.17) is 0 Å². The highest BCUT2D eigenvalue weighted by Crippen LogP contribution is 2.38. The van der Waals surface area contributed by atoms with Gasteiger partial charge in [0.1, 0.15) is 0 Å². The van der Waals surface area contributed by atoms with Gasteiger partial charge in [0.2, 0.25) is 0 Å². The molecule has 0 saturated heterocycles. The first-order valence-electron chi connectivity index (χ1n) is 14.0. The monoisotopic (exact) mass is 523 g/mol. The first-order valence-corrected chi connectivity index (χ1v) is 14.0. The minimum atomic E-state index is 1.14. The lowest BCUT2D eigenvalue weighted by Crippen LogP contribution is -1.96. The van der Waals surface area contributed by atoms with E-state index >= 15 is 0 Å². The average molecular weight is 524 g/mol. The molecule has 3 heteroatoms. The van der Waals surface area contributed by atoms with Gasteiger partial charge in [-0.25, -0.2) is 0 Å². The van der Waals surface area contributed by atoms with Crippen LogP contribution in [-0.2, 0) is 0 Å². The second kappa shape index (κ2) is 8.48. The molecule has 0 amide bonds. The number of hydrogen-bond donors (Lipinski definition) is 0. The molecule has 0 unspecified atom stereocenters. The molecular formula is C38H25N3. The molecule has 3 heterocycles. The van der Waals surface area contributed by atoms with Crippen molar-refractivity contribution in [2.75, 3.05) is 0 Å². The molecule has 0 atom stereocenters. The molecule has 0 spiro atoms. The van der Waals surface area contributed by atoms with Crippen LogP contribution in [0.2, 0.25) is 0 Å². The zero-order chi connectivity index (χ0) is 26.9. The van der Waals surface area contributed by atoms with Gasteiger partial charge in [-0.3, -0.25) is 0 Å². The van der Waals surface area contributed by atoms with E-state index in [0.717, 1.165) is 11.4 Å². The smallest absolute Gasteiger partial charge is 0.0635 e. The highest BCUT2D eigenvalue weighted by molar-refractivity contribution is 6.18. The third-order valence-corrected chi connectivity index (χ3v) is 8.48. The predicted octanol–water partition coefficient (Wildman–Crippen LogP) is 9.82. The number of rotatable bonds is 3. The van der Waals surface area contributed by atoms with Gasteiger partial charge in [0.15, 0.2) is 0 Å². The van der Waals surface area contributed by atoms with Crippen LogP contribution < -0.4 is 0 Å². The summed E-state index contributed by atoms with van der Waals surface area (Å²) in [5, 5.41) is 6.35. The van der Waals surface area contributed by atoms with Crippen LogP contribution in [0.3, 0.4) is 0 Å². The Morgan fingerprint density at radius 3 is 1.46 bits per heavy atom. The van der Waals surface area contributed by atoms with Crippen molar-refractivity contribution in [1.82, 2.24) is 13.7 Å². The number of aromatic nitrogens is 3. The molecule has 9 aromatic rings. The highest BCUT2D eigenvalue weighted by atomic mass is 15.0. The summed E-state index contributed by atoms with van der Waals surface area (Å²) in [6.07, 6.45) is 2.20. The number of fused-ring (bicyclic) bond motifs is 8. The van der Waals surface area contributed by atoms with Gasteiger partial charge in [-0.15, -0.1) is 0 Å². The van der Waals surface area contributed by atoms with Crippen LogP contribution in [0.5, 0.6) is 0 Å². The van der Waals surface area contributed by atoms with Crippen LogP contribution in [0, 0.1) is 0 Å². The van der Waals surface area contributed by atoms with Crippen LogP contribution in [0.1, 0.15) is 0 Å². The maximum Gasteiger partial charge on any atom is 0.0635 e. The molecule has 3 aromatic heterocycles. The minimum absolute atomic E-state index is 1.14. The lowest BCUT2D eigenvalue weighted by atomic mass is 10.1. The van der Waals surface area contributed by atoms with Crippen molar-refractivity contribution < 1.29 is 0 Å². The molecular weight excluding hydrogens is 498 g/mol. The molecule has 41 heavy (non-hydrogen) atoms. The van der Waals surface area contributed by atoms with E-state index in [1.165, 1.54) is 60.2 Å². The Balaban J connectivity index is 1.23. The number of hydrogen-bond acceptors (Lipinski definition) is 0. The van der Waals surface area contributed by atoms with Gasteiger partial charge in [0.05, 0.1) is 27.6 Å². The molecule has 9 rings (SSSR count). The Bertz CT molecular complexity index is 2350. The maximum absolute atomic E-state index is 2.41. The molecule has 0 fully saturated rings. The molecule has 0 radical (unpaired) electrons. The van der Waals surface area contributed by atoms with Crippen molar-refractivity contribution in [3.8, 4) is 17.1 Å². The molecule has 0 bridgehead atoms. The van der Waals surface area contributed by atoms with E-state index in [-0.39, 0.29) is 0 Å². The predicted molar refractivity (Wildman–Crippen MR) is 172 cm³/mol. The van der Waals surface area contributed by atoms with Crippen molar-refractivity contribution in [2.45, 2.75) is 0 Å². The van der Waals surface area contributed by atoms with Crippen molar-refractivity contribution in [3.63, 3.8) is 0 Å². The van der Waals surface area contributed by atoms with Gasteiger partial charge in [0, 0.05) is 50.2 Å². The highest BCUT2D eigenvalue weighted by Gasteiger charge is 2.17. The zero-order valence-corrected chi connectivity index (χ0v) is 22.3. The third kappa shape index (κ3) is 3.14. The lowest BCUT2D eigenvalue weighted by molar-refractivity contribution is 1.11. The van der Waals surface area contributed by atoms with E-state index in [1.807, 2.05) is 0 Å². The fourth-order valence-electron chi connectivity index (χ4n) is 6.71. The van der Waals surface area contributed by atoms with Crippen molar-refractivity contribution >= 4 is 54.5 Å². The van der Waals surface area contributed by atoms with Gasteiger partial charge in [-0.1, -0.05) is 78.9 Å². The molecule has 0 aliphatic carbocycles. The van der Waals surface area contributed by atoms with Gasteiger partial charge < -0.3 is 13.7 Å². The summed E-state index contributed by atoms with van der Waals surface area (Å²) in [6.45, 7) is 0. The molecule has 3 nitrogen and oxygen atoms in total. The summed E-state index contributed by atoms with van der Waals surface area (Å²) in [5.74, 6) is 0. The number of benzene rings is 6. The van der Waals surface area contributed by atoms with Gasteiger partial charge in [-0.05, 0) is 66.7 Å². The van der Waals surface area contributed by atoms with Crippen LogP contribution >= 0.6 is 0 Å². The summed E-state index contributed by atoms with van der Waals surface area (Å²) >= 11 is 0. The quantitative estimate of drug-likeness (QED) is 0.219. The van der Waals surface area contributed by atoms with E-state index < -0.39 is 0 Å². The third-order valence-electron chi connectivity index (χ3n) is 8.48.